The second-order valence-corrected chi connectivity index (χ2v) is 17.7. The number of phenolic OH excluding ortho intramolecular Hbond substituents is 1. The largest absolute Gasteiger partial charge is 0.508 e. The van der Waals surface area contributed by atoms with Gasteiger partial charge in [-0.15, -0.1) is 0 Å². The molecule has 2 aromatic carbocycles. The number of thiol groups is 1. The molecule has 1 fully saturated rings. The van der Waals surface area contributed by atoms with E-state index in [4.69, 9.17) is 17.2 Å². The van der Waals surface area contributed by atoms with Gasteiger partial charge in [0.25, 0.3) is 0 Å². The van der Waals surface area contributed by atoms with Crippen molar-refractivity contribution in [1.82, 2.24) is 36.8 Å². The first-order valence-electron chi connectivity index (χ1n) is 23.4. The van der Waals surface area contributed by atoms with E-state index in [9.17, 15) is 48.6 Å². The van der Waals surface area contributed by atoms with Crippen LogP contribution in [0.4, 0.5) is 0 Å². The number of carboxylic acid groups (broad SMARTS) is 1. The maximum Gasteiger partial charge on any atom is 0.326 e. The summed E-state index contributed by atoms with van der Waals surface area (Å²) in [5.41, 5.74) is 18.0. The highest BCUT2D eigenvalue weighted by Crippen LogP contribution is 2.21. The number of likely N-dealkylation sites (tertiary alicyclic amines) is 1. The minimum absolute atomic E-state index is 0.00192. The van der Waals surface area contributed by atoms with Crippen molar-refractivity contribution >= 4 is 65.9 Å². The number of carboxylic acids is 1. The standard InChI is InChI=1S/C47H71N11O10S/c1-5-7-15-33(54-41(62)34(16-11-22-51-47(49)50)53-40(61)32(48)26-69)42(63)55-35(24-30-18-20-31(59)21-19-30)43(64)56-36(25-29-13-9-8-10-14-29)45(66)58-23-12-17-37(58)44(65)52-28(4)39(60)57-38(46(67)68)27(3)6-2/h8-10,13-14,18-21,27-28,32-38,59,69H,5-7,11-12,15-17,22-26,48H2,1-4H3,(H,52,65)(H,53,61)(H,54,62)(H,55,63)(H,56,64)(H,57,60)(H,67,68)(H4,49,50,51)/t27-,28-,32-,33-,34-,35-,36-,37-,38-/m0/s1. The number of carbonyl (C=O) groups is 8. The van der Waals surface area contributed by atoms with Crippen LogP contribution in [0.15, 0.2) is 59.6 Å². The Hall–Kier alpha value is -6.42. The third kappa shape index (κ3) is 18.5. The lowest BCUT2D eigenvalue weighted by atomic mass is 9.99. The second kappa shape index (κ2) is 28.8. The van der Waals surface area contributed by atoms with E-state index in [-0.39, 0.29) is 75.0 Å². The molecule has 7 amide bonds. The summed E-state index contributed by atoms with van der Waals surface area (Å²) in [4.78, 5) is 114. The number of aromatic hydroxyl groups is 1. The first-order chi connectivity index (χ1) is 32.8. The Morgan fingerprint density at radius 1 is 0.739 bits per heavy atom. The van der Waals surface area contributed by atoms with Crippen LogP contribution >= 0.6 is 12.6 Å². The smallest absolute Gasteiger partial charge is 0.326 e. The molecule has 22 heteroatoms. The van der Waals surface area contributed by atoms with Crippen LogP contribution in [0, 0.1) is 5.92 Å². The second-order valence-electron chi connectivity index (χ2n) is 17.3. The lowest BCUT2D eigenvalue weighted by molar-refractivity contribution is -0.144. The average Bonchev–Trinajstić information content (AvgIpc) is 3.83. The molecule has 21 nitrogen and oxygen atoms in total. The van der Waals surface area contributed by atoms with Gasteiger partial charge in [0.05, 0.1) is 6.04 Å². The number of aliphatic imine (C=N–C) groups is 1. The van der Waals surface area contributed by atoms with Gasteiger partial charge >= 0.3 is 5.97 Å². The molecule has 1 heterocycles. The highest BCUT2D eigenvalue weighted by molar-refractivity contribution is 7.80. The molecule has 0 spiro atoms. The maximum atomic E-state index is 14.6. The lowest BCUT2D eigenvalue weighted by Crippen LogP contribution is -2.60. The number of carbonyl (C=O) groups excluding carboxylic acids is 7. The zero-order valence-corrected chi connectivity index (χ0v) is 40.7. The van der Waals surface area contributed by atoms with Gasteiger partial charge in [-0.05, 0) is 68.2 Å². The number of hydrogen-bond acceptors (Lipinski definition) is 12. The van der Waals surface area contributed by atoms with Gasteiger partial charge in [0, 0.05) is 31.7 Å². The zero-order valence-electron chi connectivity index (χ0n) is 39.8. The van der Waals surface area contributed by atoms with Crippen molar-refractivity contribution in [2.45, 2.75) is 140 Å². The van der Waals surface area contributed by atoms with E-state index in [1.165, 1.54) is 24.0 Å². The molecule has 0 bridgehead atoms. The summed E-state index contributed by atoms with van der Waals surface area (Å²) in [6.07, 6.45) is 2.68. The molecular weight excluding hydrogens is 911 g/mol. The summed E-state index contributed by atoms with van der Waals surface area (Å²) in [5, 5.41) is 35.8. The molecule has 1 aliphatic heterocycles. The van der Waals surface area contributed by atoms with Crippen LogP contribution in [0.2, 0.25) is 0 Å². The molecule has 0 aliphatic carbocycles. The number of rotatable bonds is 28. The number of nitrogens with one attached hydrogen (secondary N) is 6. The van der Waals surface area contributed by atoms with Gasteiger partial charge in [-0.3, -0.25) is 38.6 Å². The van der Waals surface area contributed by atoms with Gasteiger partial charge in [-0.1, -0.05) is 82.5 Å². The highest BCUT2D eigenvalue weighted by atomic mass is 32.1. The molecule has 0 saturated carbocycles. The number of unbranched alkanes of at least 4 members (excludes halogenated alkanes) is 1. The molecule has 2 aromatic rings. The lowest BCUT2D eigenvalue weighted by Gasteiger charge is -2.31. The van der Waals surface area contributed by atoms with Crippen molar-refractivity contribution in [3.8, 4) is 5.75 Å². The molecule has 14 N–H and O–H groups in total. The van der Waals surface area contributed by atoms with E-state index in [0.717, 1.165) is 0 Å². The third-order valence-corrected chi connectivity index (χ3v) is 12.3. The molecule has 380 valence electrons. The summed E-state index contributed by atoms with van der Waals surface area (Å²) >= 11 is 4.08. The molecule has 0 unspecified atom stereocenters. The van der Waals surface area contributed by atoms with Crippen molar-refractivity contribution in [1.29, 1.82) is 0 Å². The number of benzene rings is 2. The molecule has 0 aromatic heterocycles. The van der Waals surface area contributed by atoms with Crippen molar-refractivity contribution in [2.24, 2.45) is 28.1 Å². The number of guanidine groups is 1. The Kier molecular flexibility index (Phi) is 23.8. The van der Waals surface area contributed by atoms with Crippen LogP contribution in [-0.2, 0) is 51.2 Å². The summed E-state index contributed by atoms with van der Waals surface area (Å²) in [7, 11) is 0. The van der Waals surface area contributed by atoms with E-state index in [1.807, 2.05) is 6.92 Å². The fourth-order valence-electron chi connectivity index (χ4n) is 7.59. The Balaban J connectivity index is 1.93. The van der Waals surface area contributed by atoms with Gasteiger partial charge in [0.1, 0.15) is 48.0 Å². The molecule has 3 rings (SSSR count). The number of nitrogens with zero attached hydrogens (tertiary/aromatic N) is 2. The number of phenols is 1. The van der Waals surface area contributed by atoms with Crippen LogP contribution in [0.3, 0.4) is 0 Å². The van der Waals surface area contributed by atoms with Crippen LogP contribution in [0.5, 0.6) is 5.75 Å². The molecule has 9 atom stereocenters. The van der Waals surface area contributed by atoms with Crippen LogP contribution in [0.1, 0.15) is 90.2 Å². The number of aliphatic carboxylic acids is 1. The minimum atomic E-state index is -1.35. The normalized spacial score (nSPS) is 16.7. The van der Waals surface area contributed by atoms with E-state index >= 15 is 0 Å². The van der Waals surface area contributed by atoms with Crippen molar-refractivity contribution in [2.75, 3.05) is 18.8 Å². The van der Waals surface area contributed by atoms with Gasteiger partial charge in [0.2, 0.25) is 41.4 Å². The van der Waals surface area contributed by atoms with Gasteiger partial charge in [-0.2, -0.15) is 12.6 Å². The molecule has 0 radical (unpaired) electrons. The van der Waals surface area contributed by atoms with E-state index < -0.39 is 95.7 Å². The SMILES string of the molecule is CCCC[C@H](NC(=O)[C@H](CCCN=C(N)N)NC(=O)[C@@H](N)CS)C(=O)N[C@@H](Cc1ccc(O)cc1)C(=O)N[C@@H](Cc1ccccc1)C(=O)N1CCC[C@H]1C(=O)N[C@@H](C)C(=O)N[C@H](C(=O)O)[C@@H](C)CC. The maximum absolute atomic E-state index is 14.6. The molecule has 69 heavy (non-hydrogen) atoms. The summed E-state index contributed by atoms with van der Waals surface area (Å²) in [6.45, 7) is 7.09. The quantitative estimate of drug-likeness (QED) is 0.0226. The molecule has 1 saturated heterocycles. The van der Waals surface area contributed by atoms with Gasteiger partial charge in [0.15, 0.2) is 5.96 Å². The molecule has 1 aliphatic rings. The van der Waals surface area contributed by atoms with Crippen LogP contribution < -0.4 is 49.1 Å². The Morgan fingerprint density at radius 2 is 1.29 bits per heavy atom. The Labute approximate surface area is 408 Å². The topological polar surface area (TPSA) is 343 Å². The minimum Gasteiger partial charge on any atom is -0.508 e. The van der Waals surface area contributed by atoms with Crippen LogP contribution in [-0.4, -0.2) is 136 Å². The fourth-order valence-corrected chi connectivity index (χ4v) is 7.76. The molecular formula is C47H71N11O10S. The predicted octanol–water partition coefficient (Wildman–Crippen LogP) is -0.271. The number of hydrogen-bond donors (Lipinski definition) is 12. The van der Waals surface area contributed by atoms with E-state index in [0.29, 0.717) is 36.8 Å². The number of amides is 7. The van der Waals surface area contributed by atoms with Crippen molar-refractivity contribution in [3.63, 3.8) is 0 Å². The van der Waals surface area contributed by atoms with E-state index in [2.05, 4.69) is 49.5 Å². The van der Waals surface area contributed by atoms with Crippen molar-refractivity contribution < 1.29 is 48.6 Å². The van der Waals surface area contributed by atoms with Gasteiger partial charge in [-0.25, -0.2) is 4.79 Å². The predicted molar refractivity (Wildman–Crippen MR) is 262 cm³/mol. The summed E-state index contributed by atoms with van der Waals surface area (Å²) in [5.74, 6) is -6.56. The van der Waals surface area contributed by atoms with Crippen LogP contribution in [0.25, 0.3) is 0 Å². The zero-order chi connectivity index (χ0) is 51.2. The Bertz CT molecular complexity index is 2080. The van der Waals surface area contributed by atoms with E-state index in [1.54, 1.807) is 56.3 Å². The first-order valence-corrected chi connectivity index (χ1v) is 24.0. The van der Waals surface area contributed by atoms with Gasteiger partial charge < -0.3 is 64.2 Å². The average molecular weight is 982 g/mol. The number of nitrogens with two attached hydrogens (primary N) is 3. The van der Waals surface area contributed by atoms with Crippen molar-refractivity contribution in [3.05, 3.63) is 65.7 Å². The monoisotopic (exact) mass is 982 g/mol. The summed E-state index contributed by atoms with van der Waals surface area (Å²) in [6, 6.07) is 5.49. The first kappa shape index (κ1) is 56.9. The highest BCUT2D eigenvalue weighted by Gasteiger charge is 2.40. The fraction of sp³-hybridized carbons (Fsp3) is 0.553. The summed E-state index contributed by atoms with van der Waals surface area (Å²) < 4.78 is 0. The third-order valence-electron chi connectivity index (χ3n) is 11.9. The Morgan fingerprint density at radius 3 is 1.87 bits per heavy atom.